The summed E-state index contributed by atoms with van der Waals surface area (Å²) in [6, 6.07) is 25.6. The number of rotatable bonds is 9. The maximum absolute atomic E-state index is 12.4. The minimum atomic E-state index is -0.0975. The fourth-order valence-electron chi connectivity index (χ4n) is 4.52. The molecule has 8 nitrogen and oxygen atoms in total. The van der Waals surface area contributed by atoms with Gasteiger partial charge in [-0.1, -0.05) is 42.5 Å². The van der Waals surface area contributed by atoms with Crippen LogP contribution in [0.2, 0.25) is 0 Å². The quantitative estimate of drug-likeness (QED) is 0.374. The van der Waals surface area contributed by atoms with E-state index in [1.54, 1.807) is 7.11 Å². The molecule has 1 N–H and O–H groups in total. The maximum atomic E-state index is 12.4. The van der Waals surface area contributed by atoms with Crippen molar-refractivity contribution in [2.75, 3.05) is 49.7 Å². The third kappa shape index (κ3) is 5.91. The van der Waals surface area contributed by atoms with E-state index in [4.69, 9.17) is 19.4 Å². The second-order valence-corrected chi connectivity index (χ2v) is 8.81. The Morgan fingerprint density at radius 3 is 2.38 bits per heavy atom. The molecule has 1 fully saturated rings. The summed E-state index contributed by atoms with van der Waals surface area (Å²) in [6.45, 7) is 3.93. The monoisotopic (exact) mass is 497 g/mol. The van der Waals surface area contributed by atoms with Crippen LogP contribution in [-0.4, -0.2) is 55.8 Å². The number of hydrogen-bond acceptors (Lipinski definition) is 7. The Morgan fingerprint density at radius 1 is 0.865 bits per heavy atom. The molecule has 0 aliphatic carbocycles. The molecule has 0 unspecified atom stereocenters. The molecule has 8 heteroatoms. The Bertz CT molecular complexity index is 1340. The molecule has 37 heavy (non-hydrogen) atoms. The molecular weight excluding hydrogens is 466 g/mol. The molecule has 190 valence electrons. The molecule has 4 aromatic rings. The molecule has 5 rings (SSSR count). The number of benzene rings is 3. The number of fused-ring (bicyclic) bond motifs is 1. The predicted molar refractivity (Wildman–Crippen MR) is 145 cm³/mol. The van der Waals surface area contributed by atoms with Gasteiger partial charge in [0.1, 0.15) is 17.3 Å². The summed E-state index contributed by atoms with van der Waals surface area (Å²) < 4.78 is 11.2. The first-order valence-corrected chi connectivity index (χ1v) is 12.5. The number of ether oxygens (including phenoxy) is 2. The molecule has 1 amide bonds. The van der Waals surface area contributed by atoms with Gasteiger partial charge < -0.3 is 24.6 Å². The number of hydrogen-bond donors (Lipinski definition) is 1. The average Bonchev–Trinajstić information content (AvgIpc) is 2.96. The highest BCUT2D eigenvalue weighted by Crippen LogP contribution is 2.30. The number of carbonyl (C=O) groups excluding carboxylic acids is 1. The zero-order valence-electron chi connectivity index (χ0n) is 21.0. The third-order valence-electron chi connectivity index (χ3n) is 6.42. The van der Waals surface area contributed by atoms with Crippen LogP contribution in [0.3, 0.4) is 0 Å². The number of nitrogens with one attached hydrogen (secondary N) is 1. The fraction of sp³-hybridized carbons (Fsp3) is 0.276. The molecule has 2 heterocycles. The van der Waals surface area contributed by atoms with Crippen LogP contribution in [0.15, 0.2) is 78.9 Å². The van der Waals surface area contributed by atoms with Crippen molar-refractivity contribution in [2.24, 2.45) is 0 Å². The Balaban J connectivity index is 1.24. The highest BCUT2D eigenvalue weighted by atomic mass is 16.5. The maximum Gasteiger partial charge on any atom is 0.223 e. The van der Waals surface area contributed by atoms with Crippen LogP contribution in [-0.2, 0) is 11.3 Å². The summed E-state index contributed by atoms with van der Waals surface area (Å²) in [4.78, 5) is 26.6. The molecule has 1 aliphatic rings. The number of para-hydroxylation sites is 4. The van der Waals surface area contributed by atoms with Gasteiger partial charge in [-0.15, -0.1) is 0 Å². The minimum Gasteiger partial charge on any atom is -0.495 e. The molecule has 0 saturated carbocycles. The first kappa shape index (κ1) is 24.4. The summed E-state index contributed by atoms with van der Waals surface area (Å²) in [6.07, 6.45) is 0.264. The second-order valence-electron chi connectivity index (χ2n) is 8.81. The predicted octanol–water partition coefficient (Wildman–Crippen LogP) is 4.05. The van der Waals surface area contributed by atoms with E-state index in [-0.39, 0.29) is 18.9 Å². The molecule has 1 aromatic heterocycles. The minimum absolute atomic E-state index is 0.0975. The van der Waals surface area contributed by atoms with Gasteiger partial charge in [-0.2, -0.15) is 0 Å². The van der Waals surface area contributed by atoms with Crippen molar-refractivity contribution in [3.8, 4) is 11.5 Å². The molecule has 0 spiro atoms. The third-order valence-corrected chi connectivity index (χ3v) is 6.42. The molecule has 0 atom stereocenters. The molecule has 3 aromatic carbocycles. The van der Waals surface area contributed by atoms with Crippen LogP contribution in [0.25, 0.3) is 10.9 Å². The summed E-state index contributed by atoms with van der Waals surface area (Å²) >= 11 is 0. The molecule has 1 aliphatic heterocycles. The summed E-state index contributed by atoms with van der Waals surface area (Å²) in [5, 5.41) is 3.95. The topological polar surface area (TPSA) is 79.8 Å². The summed E-state index contributed by atoms with van der Waals surface area (Å²) in [5.41, 5.74) is 1.98. The number of carbonyl (C=O) groups is 1. The molecule has 1 saturated heterocycles. The SMILES string of the molecule is COc1ccccc1N1CCN(c2nc(CNC(=O)CCOc3ccccc3)nc3ccccc23)CC1. The van der Waals surface area contributed by atoms with E-state index in [1.165, 1.54) is 0 Å². The highest BCUT2D eigenvalue weighted by Gasteiger charge is 2.22. The Labute approximate surface area is 216 Å². The standard InChI is InChI=1S/C29H31N5O3/c1-36-26-14-8-7-13-25(26)33-16-18-34(19-17-33)29-23-11-5-6-12-24(23)31-27(32-29)21-30-28(35)15-20-37-22-9-3-2-4-10-22/h2-14H,15-21H2,1H3,(H,30,35). The lowest BCUT2D eigenvalue weighted by Gasteiger charge is -2.37. The Kier molecular flexibility index (Phi) is 7.64. The number of anilines is 2. The number of nitrogens with zero attached hydrogens (tertiary/aromatic N) is 4. The number of piperazine rings is 1. The van der Waals surface area contributed by atoms with Crippen molar-refractivity contribution in [3.63, 3.8) is 0 Å². The van der Waals surface area contributed by atoms with Crippen molar-refractivity contribution in [3.05, 3.63) is 84.7 Å². The van der Waals surface area contributed by atoms with Gasteiger partial charge >= 0.3 is 0 Å². The summed E-state index contributed by atoms with van der Waals surface area (Å²) in [7, 11) is 1.71. The number of methoxy groups -OCH3 is 1. The number of aromatic nitrogens is 2. The molecular formula is C29H31N5O3. The summed E-state index contributed by atoms with van der Waals surface area (Å²) in [5.74, 6) is 3.04. The van der Waals surface area contributed by atoms with Gasteiger partial charge in [0.05, 0.1) is 37.9 Å². The van der Waals surface area contributed by atoms with Gasteiger partial charge in [-0.05, 0) is 36.4 Å². The van der Waals surface area contributed by atoms with Gasteiger partial charge in [0.25, 0.3) is 0 Å². The van der Waals surface area contributed by atoms with E-state index in [2.05, 4.69) is 27.2 Å². The van der Waals surface area contributed by atoms with Gasteiger partial charge in [-0.25, -0.2) is 9.97 Å². The van der Waals surface area contributed by atoms with Crippen LogP contribution in [0.4, 0.5) is 11.5 Å². The first-order valence-electron chi connectivity index (χ1n) is 12.5. The van der Waals surface area contributed by atoms with E-state index >= 15 is 0 Å². The average molecular weight is 498 g/mol. The van der Waals surface area contributed by atoms with Crippen molar-refractivity contribution in [2.45, 2.75) is 13.0 Å². The van der Waals surface area contributed by atoms with Crippen LogP contribution < -0.4 is 24.6 Å². The van der Waals surface area contributed by atoms with Gasteiger partial charge in [0, 0.05) is 31.6 Å². The molecule has 0 bridgehead atoms. The van der Waals surface area contributed by atoms with E-state index in [0.717, 1.165) is 60.1 Å². The lowest BCUT2D eigenvalue weighted by Crippen LogP contribution is -2.47. The van der Waals surface area contributed by atoms with Gasteiger partial charge in [0.15, 0.2) is 5.82 Å². The van der Waals surface area contributed by atoms with E-state index < -0.39 is 0 Å². The Hall–Kier alpha value is -4.33. The van der Waals surface area contributed by atoms with Crippen LogP contribution >= 0.6 is 0 Å². The van der Waals surface area contributed by atoms with Gasteiger partial charge in [0.2, 0.25) is 5.91 Å². The van der Waals surface area contributed by atoms with Crippen molar-refractivity contribution in [1.29, 1.82) is 0 Å². The largest absolute Gasteiger partial charge is 0.495 e. The lowest BCUT2D eigenvalue weighted by atomic mass is 10.2. The first-order chi connectivity index (χ1) is 18.2. The highest BCUT2D eigenvalue weighted by molar-refractivity contribution is 5.89. The van der Waals surface area contributed by atoms with Crippen molar-refractivity contribution < 1.29 is 14.3 Å². The van der Waals surface area contributed by atoms with Crippen molar-refractivity contribution in [1.82, 2.24) is 15.3 Å². The van der Waals surface area contributed by atoms with E-state index in [9.17, 15) is 4.79 Å². The van der Waals surface area contributed by atoms with Crippen molar-refractivity contribution >= 4 is 28.3 Å². The Morgan fingerprint density at radius 2 is 1.57 bits per heavy atom. The second kappa shape index (κ2) is 11.6. The van der Waals surface area contributed by atoms with E-state index in [0.29, 0.717) is 12.4 Å². The van der Waals surface area contributed by atoms with Crippen LogP contribution in [0.1, 0.15) is 12.2 Å². The fourth-order valence-corrected chi connectivity index (χ4v) is 4.52. The lowest BCUT2D eigenvalue weighted by molar-refractivity contribution is -0.121. The normalized spacial score (nSPS) is 13.4. The number of amides is 1. The van der Waals surface area contributed by atoms with Crippen LogP contribution in [0, 0.1) is 0 Å². The van der Waals surface area contributed by atoms with E-state index in [1.807, 2.05) is 66.7 Å². The zero-order chi connectivity index (χ0) is 25.5. The molecule has 0 radical (unpaired) electrons. The van der Waals surface area contributed by atoms with Crippen LogP contribution in [0.5, 0.6) is 11.5 Å². The smallest absolute Gasteiger partial charge is 0.223 e. The zero-order valence-corrected chi connectivity index (χ0v) is 21.0. The van der Waals surface area contributed by atoms with Gasteiger partial charge in [-0.3, -0.25) is 4.79 Å².